The summed E-state index contributed by atoms with van der Waals surface area (Å²) in [4.78, 5) is 0. The lowest BCUT2D eigenvalue weighted by Gasteiger charge is -2.13. The number of aliphatic hydroxyl groups is 1. The van der Waals surface area contributed by atoms with Gasteiger partial charge in [0.25, 0.3) is 0 Å². The van der Waals surface area contributed by atoms with Crippen molar-refractivity contribution in [1.82, 2.24) is 10.6 Å². The molecule has 0 radical (unpaired) electrons. The van der Waals surface area contributed by atoms with Crippen LogP contribution in [0, 0.1) is 0 Å². The van der Waals surface area contributed by atoms with Crippen LogP contribution in [-0.4, -0.2) is 38.0 Å². The minimum Gasteiger partial charge on any atom is -0.493 e. The van der Waals surface area contributed by atoms with Crippen molar-refractivity contribution in [3.63, 3.8) is 0 Å². The van der Waals surface area contributed by atoms with E-state index in [0.29, 0.717) is 29.7 Å². The largest absolute Gasteiger partial charge is 0.493 e. The summed E-state index contributed by atoms with van der Waals surface area (Å²) in [5.74, 6) is 1.43. The van der Waals surface area contributed by atoms with Crippen molar-refractivity contribution in [2.24, 2.45) is 0 Å². The van der Waals surface area contributed by atoms with Gasteiger partial charge in [0.15, 0.2) is 11.5 Å². The Labute approximate surface area is 160 Å². The Balaban J connectivity index is 1.81. The van der Waals surface area contributed by atoms with Gasteiger partial charge in [0.05, 0.1) is 13.2 Å². The topological polar surface area (TPSA) is 62.8 Å². The lowest BCUT2D eigenvalue weighted by Crippen LogP contribution is -2.31. The van der Waals surface area contributed by atoms with E-state index in [1.807, 2.05) is 42.5 Å². The normalized spacial score (nSPS) is 12.0. The molecule has 142 valence electrons. The first-order valence-corrected chi connectivity index (χ1v) is 9.10. The second-order valence-corrected chi connectivity index (χ2v) is 6.57. The Kier molecular flexibility index (Phi) is 8.71. The lowest BCUT2D eigenvalue weighted by molar-refractivity contribution is 0.191. The average Bonchev–Trinajstić information content (AvgIpc) is 2.64. The molecule has 0 aliphatic rings. The number of benzene rings is 2. The van der Waals surface area contributed by atoms with Crippen molar-refractivity contribution in [1.29, 1.82) is 0 Å². The zero-order valence-electron chi connectivity index (χ0n) is 15.3. The standard InChI is InChI=1S/C20H27ClN2O3/c1-15(24)12-22-9-10-23-13-17-5-8-19(20(11-17)25-2)26-14-16-3-6-18(21)7-4-16/h3-8,11,15,22-24H,9-10,12-14H2,1-2H3/t15-/m0/s1. The van der Waals surface area contributed by atoms with Gasteiger partial charge in [-0.3, -0.25) is 0 Å². The summed E-state index contributed by atoms with van der Waals surface area (Å²) in [5.41, 5.74) is 2.17. The molecule has 0 aromatic heterocycles. The molecule has 5 nitrogen and oxygen atoms in total. The number of rotatable bonds is 11. The Hall–Kier alpha value is -1.79. The molecule has 0 heterocycles. The van der Waals surface area contributed by atoms with E-state index in [0.717, 1.165) is 30.8 Å². The highest BCUT2D eigenvalue weighted by Crippen LogP contribution is 2.29. The number of methoxy groups -OCH3 is 1. The molecule has 0 unspecified atom stereocenters. The van der Waals surface area contributed by atoms with E-state index in [9.17, 15) is 5.11 Å². The molecular formula is C20H27ClN2O3. The molecule has 2 aromatic carbocycles. The molecular weight excluding hydrogens is 352 g/mol. The van der Waals surface area contributed by atoms with Gasteiger partial charge in [0.1, 0.15) is 6.61 Å². The number of nitrogens with one attached hydrogen (secondary N) is 2. The number of aliphatic hydroxyl groups excluding tert-OH is 1. The Morgan fingerprint density at radius 1 is 1.00 bits per heavy atom. The highest BCUT2D eigenvalue weighted by molar-refractivity contribution is 6.30. The van der Waals surface area contributed by atoms with Gasteiger partial charge in [-0.15, -0.1) is 0 Å². The third kappa shape index (κ3) is 7.22. The van der Waals surface area contributed by atoms with Gasteiger partial charge in [0.2, 0.25) is 0 Å². The number of hydrogen-bond donors (Lipinski definition) is 3. The van der Waals surface area contributed by atoms with E-state index in [1.165, 1.54) is 0 Å². The maximum absolute atomic E-state index is 9.18. The van der Waals surface area contributed by atoms with E-state index in [4.69, 9.17) is 21.1 Å². The third-order valence-corrected chi connectivity index (χ3v) is 4.04. The fourth-order valence-electron chi connectivity index (χ4n) is 2.40. The first-order chi connectivity index (χ1) is 12.6. The molecule has 0 bridgehead atoms. The van der Waals surface area contributed by atoms with E-state index >= 15 is 0 Å². The summed E-state index contributed by atoms with van der Waals surface area (Å²) >= 11 is 5.90. The molecule has 2 aromatic rings. The van der Waals surface area contributed by atoms with Crippen molar-refractivity contribution in [3.8, 4) is 11.5 Å². The zero-order valence-corrected chi connectivity index (χ0v) is 16.1. The quantitative estimate of drug-likeness (QED) is 0.525. The fourth-order valence-corrected chi connectivity index (χ4v) is 2.53. The van der Waals surface area contributed by atoms with E-state index in [-0.39, 0.29) is 6.10 Å². The van der Waals surface area contributed by atoms with Crippen molar-refractivity contribution in [2.45, 2.75) is 26.2 Å². The number of hydrogen-bond acceptors (Lipinski definition) is 5. The van der Waals surface area contributed by atoms with Gasteiger partial charge in [-0.25, -0.2) is 0 Å². The van der Waals surface area contributed by atoms with Crippen LogP contribution in [0.5, 0.6) is 11.5 Å². The zero-order chi connectivity index (χ0) is 18.8. The van der Waals surface area contributed by atoms with E-state index in [2.05, 4.69) is 10.6 Å². The van der Waals surface area contributed by atoms with Crippen LogP contribution in [0.2, 0.25) is 5.02 Å². The van der Waals surface area contributed by atoms with Crippen LogP contribution in [0.25, 0.3) is 0 Å². The van der Waals surface area contributed by atoms with Crippen LogP contribution in [-0.2, 0) is 13.2 Å². The Morgan fingerprint density at radius 2 is 1.69 bits per heavy atom. The Bertz CT molecular complexity index is 663. The van der Waals surface area contributed by atoms with Gasteiger partial charge in [0, 0.05) is 31.2 Å². The molecule has 0 aliphatic carbocycles. The minimum atomic E-state index is -0.320. The molecule has 0 saturated heterocycles. The second kappa shape index (κ2) is 11.0. The molecule has 3 N–H and O–H groups in total. The highest BCUT2D eigenvalue weighted by atomic mass is 35.5. The monoisotopic (exact) mass is 378 g/mol. The van der Waals surface area contributed by atoms with Crippen LogP contribution in [0.3, 0.4) is 0 Å². The first-order valence-electron chi connectivity index (χ1n) is 8.72. The first kappa shape index (κ1) is 20.5. The highest BCUT2D eigenvalue weighted by Gasteiger charge is 2.06. The van der Waals surface area contributed by atoms with Crippen molar-refractivity contribution in [3.05, 3.63) is 58.6 Å². The summed E-state index contributed by atoms with van der Waals surface area (Å²) in [7, 11) is 1.64. The molecule has 26 heavy (non-hydrogen) atoms. The maximum Gasteiger partial charge on any atom is 0.161 e. The fraction of sp³-hybridized carbons (Fsp3) is 0.400. The predicted molar refractivity (Wildman–Crippen MR) is 105 cm³/mol. The van der Waals surface area contributed by atoms with Crippen LogP contribution in [0.4, 0.5) is 0 Å². The van der Waals surface area contributed by atoms with Crippen LogP contribution < -0.4 is 20.1 Å². The minimum absolute atomic E-state index is 0.320. The second-order valence-electron chi connectivity index (χ2n) is 6.13. The molecule has 2 rings (SSSR count). The molecule has 0 aliphatic heterocycles. The van der Waals surface area contributed by atoms with Gasteiger partial charge >= 0.3 is 0 Å². The number of ether oxygens (including phenoxy) is 2. The van der Waals surface area contributed by atoms with Gasteiger partial charge in [-0.05, 0) is 42.3 Å². The van der Waals surface area contributed by atoms with Crippen LogP contribution >= 0.6 is 11.6 Å². The van der Waals surface area contributed by atoms with Crippen molar-refractivity contribution < 1.29 is 14.6 Å². The summed E-state index contributed by atoms with van der Waals surface area (Å²) in [6.45, 7) is 5.21. The van der Waals surface area contributed by atoms with E-state index < -0.39 is 0 Å². The van der Waals surface area contributed by atoms with Crippen molar-refractivity contribution >= 4 is 11.6 Å². The summed E-state index contributed by atoms with van der Waals surface area (Å²) in [6, 6.07) is 13.5. The lowest BCUT2D eigenvalue weighted by atomic mass is 10.2. The smallest absolute Gasteiger partial charge is 0.161 e. The van der Waals surface area contributed by atoms with Crippen LogP contribution in [0.1, 0.15) is 18.1 Å². The molecule has 0 saturated carbocycles. The van der Waals surface area contributed by atoms with E-state index in [1.54, 1.807) is 14.0 Å². The summed E-state index contributed by atoms with van der Waals surface area (Å²) < 4.78 is 11.3. The van der Waals surface area contributed by atoms with Crippen LogP contribution in [0.15, 0.2) is 42.5 Å². The van der Waals surface area contributed by atoms with Gasteiger partial charge in [-0.1, -0.05) is 29.8 Å². The summed E-state index contributed by atoms with van der Waals surface area (Å²) in [5, 5.41) is 16.4. The molecule has 1 atom stereocenters. The predicted octanol–water partition coefficient (Wildman–Crippen LogP) is 2.99. The molecule has 0 fully saturated rings. The molecule has 6 heteroatoms. The van der Waals surface area contributed by atoms with Gasteiger partial charge < -0.3 is 25.2 Å². The SMILES string of the molecule is COc1cc(CNCCNC[C@H](C)O)ccc1OCc1ccc(Cl)cc1. The molecule has 0 spiro atoms. The maximum atomic E-state index is 9.18. The van der Waals surface area contributed by atoms with Gasteiger partial charge in [-0.2, -0.15) is 0 Å². The molecule has 0 amide bonds. The average molecular weight is 379 g/mol. The Morgan fingerprint density at radius 3 is 2.38 bits per heavy atom. The van der Waals surface area contributed by atoms with Crippen molar-refractivity contribution in [2.75, 3.05) is 26.7 Å². The number of halogens is 1. The summed E-state index contributed by atoms with van der Waals surface area (Å²) in [6.07, 6.45) is -0.320. The third-order valence-electron chi connectivity index (χ3n) is 3.78.